The number of anilines is 2. The standard InChI is InChI=1S/C25H21N3O3/c1-31-23-13-12-18(15-22(23)28-14-6-11-24(28)29)27-25(30)21-10-5-4-9-20(21)19-8-3-2-7-17(19)16-26/h2-5,7-10,12-13,15H,6,11,14H2,1H3,(H,27,30). The van der Waals surface area contributed by atoms with Crippen molar-refractivity contribution in [2.45, 2.75) is 12.8 Å². The molecule has 1 fully saturated rings. The highest BCUT2D eigenvalue weighted by molar-refractivity contribution is 6.09. The molecule has 3 aromatic rings. The number of ether oxygens (including phenoxy) is 1. The minimum Gasteiger partial charge on any atom is -0.495 e. The first-order valence-electron chi connectivity index (χ1n) is 10.0. The molecule has 0 bridgehead atoms. The van der Waals surface area contributed by atoms with E-state index in [0.29, 0.717) is 52.3 Å². The molecule has 6 nitrogen and oxygen atoms in total. The van der Waals surface area contributed by atoms with E-state index in [9.17, 15) is 14.9 Å². The van der Waals surface area contributed by atoms with Crippen LogP contribution < -0.4 is 15.0 Å². The Hall–Kier alpha value is -4.11. The zero-order valence-corrected chi connectivity index (χ0v) is 17.1. The van der Waals surface area contributed by atoms with Gasteiger partial charge in [0.2, 0.25) is 5.91 Å². The Balaban J connectivity index is 1.67. The Morgan fingerprint density at radius 1 is 1.06 bits per heavy atom. The van der Waals surface area contributed by atoms with Crippen molar-refractivity contribution < 1.29 is 14.3 Å². The fourth-order valence-corrected chi connectivity index (χ4v) is 3.81. The van der Waals surface area contributed by atoms with Crippen molar-refractivity contribution in [2.24, 2.45) is 0 Å². The highest BCUT2D eigenvalue weighted by Crippen LogP contribution is 2.34. The summed E-state index contributed by atoms with van der Waals surface area (Å²) in [5.41, 5.74) is 3.55. The van der Waals surface area contributed by atoms with Crippen LogP contribution in [-0.2, 0) is 4.79 Å². The normalized spacial score (nSPS) is 13.0. The molecule has 0 spiro atoms. The van der Waals surface area contributed by atoms with E-state index in [1.165, 1.54) is 0 Å². The number of hydrogen-bond acceptors (Lipinski definition) is 4. The summed E-state index contributed by atoms with van der Waals surface area (Å²) >= 11 is 0. The first-order valence-corrected chi connectivity index (χ1v) is 10.0. The Bertz CT molecular complexity index is 1200. The van der Waals surface area contributed by atoms with Crippen LogP contribution in [0.1, 0.15) is 28.8 Å². The molecule has 0 unspecified atom stereocenters. The average molecular weight is 411 g/mol. The van der Waals surface area contributed by atoms with Crippen LogP contribution in [-0.4, -0.2) is 25.5 Å². The molecule has 0 atom stereocenters. The van der Waals surface area contributed by atoms with Gasteiger partial charge in [0.15, 0.2) is 0 Å². The first-order chi connectivity index (χ1) is 15.1. The van der Waals surface area contributed by atoms with Gasteiger partial charge in [-0.05, 0) is 42.3 Å². The van der Waals surface area contributed by atoms with Crippen molar-refractivity contribution in [2.75, 3.05) is 23.9 Å². The van der Waals surface area contributed by atoms with Gasteiger partial charge >= 0.3 is 0 Å². The monoisotopic (exact) mass is 411 g/mol. The van der Waals surface area contributed by atoms with Gasteiger partial charge in [-0.1, -0.05) is 36.4 Å². The van der Waals surface area contributed by atoms with Gasteiger partial charge in [-0.15, -0.1) is 0 Å². The van der Waals surface area contributed by atoms with E-state index >= 15 is 0 Å². The fraction of sp³-hybridized carbons (Fsp3) is 0.160. The number of nitrogens with zero attached hydrogens (tertiary/aromatic N) is 2. The molecule has 4 rings (SSSR count). The second kappa shape index (κ2) is 8.72. The highest BCUT2D eigenvalue weighted by atomic mass is 16.5. The number of nitrogens with one attached hydrogen (secondary N) is 1. The van der Waals surface area contributed by atoms with Gasteiger partial charge in [0.05, 0.1) is 24.4 Å². The Morgan fingerprint density at radius 2 is 1.81 bits per heavy atom. The molecule has 1 saturated heterocycles. The van der Waals surface area contributed by atoms with Gasteiger partial charge in [-0.3, -0.25) is 9.59 Å². The quantitative estimate of drug-likeness (QED) is 0.664. The van der Waals surface area contributed by atoms with Gasteiger partial charge in [-0.2, -0.15) is 5.26 Å². The number of nitriles is 1. The Kier molecular flexibility index (Phi) is 5.67. The van der Waals surface area contributed by atoms with Crippen LogP contribution in [0.5, 0.6) is 5.75 Å². The average Bonchev–Trinajstić information content (AvgIpc) is 3.24. The molecule has 0 saturated carbocycles. The highest BCUT2D eigenvalue weighted by Gasteiger charge is 2.25. The van der Waals surface area contributed by atoms with Crippen molar-refractivity contribution in [1.82, 2.24) is 0 Å². The summed E-state index contributed by atoms with van der Waals surface area (Å²) in [6.07, 6.45) is 1.30. The van der Waals surface area contributed by atoms with Crippen molar-refractivity contribution in [3.8, 4) is 22.9 Å². The molecule has 0 aromatic heterocycles. The minimum atomic E-state index is -0.299. The molecule has 2 amide bonds. The molecular weight excluding hydrogens is 390 g/mol. The van der Waals surface area contributed by atoms with Crippen molar-refractivity contribution in [3.63, 3.8) is 0 Å². The van der Waals surface area contributed by atoms with Gasteiger partial charge < -0.3 is 15.0 Å². The van der Waals surface area contributed by atoms with Crippen LogP contribution in [0.25, 0.3) is 11.1 Å². The predicted octanol–water partition coefficient (Wildman–Crippen LogP) is 4.61. The topological polar surface area (TPSA) is 82.4 Å². The van der Waals surface area contributed by atoms with E-state index in [2.05, 4.69) is 11.4 Å². The number of amides is 2. The van der Waals surface area contributed by atoms with Gasteiger partial charge in [0.25, 0.3) is 5.91 Å². The molecule has 0 aliphatic carbocycles. The van der Waals surface area contributed by atoms with Crippen molar-refractivity contribution in [3.05, 3.63) is 77.9 Å². The van der Waals surface area contributed by atoms with E-state index in [0.717, 1.165) is 6.42 Å². The number of benzene rings is 3. The minimum absolute atomic E-state index is 0.0419. The van der Waals surface area contributed by atoms with Crippen LogP contribution in [0.3, 0.4) is 0 Å². The molecule has 0 radical (unpaired) electrons. The lowest BCUT2D eigenvalue weighted by molar-refractivity contribution is -0.117. The number of rotatable bonds is 5. The molecule has 3 aromatic carbocycles. The van der Waals surface area contributed by atoms with E-state index < -0.39 is 0 Å². The van der Waals surface area contributed by atoms with E-state index in [1.807, 2.05) is 24.3 Å². The molecule has 154 valence electrons. The Labute approximate surface area is 180 Å². The van der Waals surface area contributed by atoms with E-state index in [-0.39, 0.29) is 11.8 Å². The van der Waals surface area contributed by atoms with Crippen molar-refractivity contribution in [1.29, 1.82) is 5.26 Å². The summed E-state index contributed by atoms with van der Waals surface area (Å²) in [5.74, 6) is 0.323. The van der Waals surface area contributed by atoms with E-state index in [1.54, 1.807) is 54.5 Å². The van der Waals surface area contributed by atoms with Gasteiger partial charge in [0.1, 0.15) is 5.75 Å². The maximum Gasteiger partial charge on any atom is 0.256 e. The first kappa shape index (κ1) is 20.2. The molecule has 31 heavy (non-hydrogen) atoms. The van der Waals surface area contributed by atoms with Crippen LogP contribution in [0, 0.1) is 11.3 Å². The maximum absolute atomic E-state index is 13.2. The lowest BCUT2D eigenvalue weighted by Crippen LogP contribution is -2.24. The van der Waals surface area contributed by atoms with Gasteiger partial charge in [-0.25, -0.2) is 0 Å². The lowest BCUT2D eigenvalue weighted by Gasteiger charge is -2.20. The zero-order valence-electron chi connectivity index (χ0n) is 17.1. The van der Waals surface area contributed by atoms with Crippen molar-refractivity contribution >= 4 is 23.2 Å². The van der Waals surface area contributed by atoms with Crippen LogP contribution in [0.15, 0.2) is 66.7 Å². The molecule has 1 heterocycles. The Morgan fingerprint density at radius 3 is 2.52 bits per heavy atom. The third-order valence-corrected chi connectivity index (χ3v) is 5.31. The smallest absolute Gasteiger partial charge is 0.256 e. The third kappa shape index (κ3) is 3.99. The maximum atomic E-state index is 13.2. The number of carbonyl (C=O) groups is 2. The van der Waals surface area contributed by atoms with Crippen LogP contribution in [0.4, 0.5) is 11.4 Å². The van der Waals surface area contributed by atoms with Crippen LogP contribution >= 0.6 is 0 Å². The third-order valence-electron chi connectivity index (χ3n) is 5.31. The molecule has 1 aliphatic rings. The largest absolute Gasteiger partial charge is 0.495 e. The SMILES string of the molecule is COc1ccc(NC(=O)c2ccccc2-c2ccccc2C#N)cc1N1CCCC1=O. The van der Waals surface area contributed by atoms with E-state index in [4.69, 9.17) is 4.74 Å². The fourth-order valence-electron chi connectivity index (χ4n) is 3.81. The van der Waals surface area contributed by atoms with Gasteiger partial charge in [0, 0.05) is 29.8 Å². The molecule has 6 heteroatoms. The molecule has 1 aliphatic heterocycles. The number of carbonyl (C=O) groups excluding carboxylic acids is 2. The number of hydrogen-bond donors (Lipinski definition) is 1. The summed E-state index contributed by atoms with van der Waals surface area (Å²) in [6, 6.07) is 21.8. The summed E-state index contributed by atoms with van der Waals surface area (Å²) in [7, 11) is 1.56. The molecular formula is C25H21N3O3. The van der Waals surface area contributed by atoms with Crippen LogP contribution in [0.2, 0.25) is 0 Å². The second-order valence-electron chi connectivity index (χ2n) is 7.19. The second-order valence-corrected chi connectivity index (χ2v) is 7.19. The lowest BCUT2D eigenvalue weighted by atomic mass is 9.95. The summed E-state index contributed by atoms with van der Waals surface area (Å²) in [4.78, 5) is 27.1. The molecule has 1 N–H and O–H groups in total. The summed E-state index contributed by atoms with van der Waals surface area (Å²) in [5, 5.41) is 12.4. The zero-order chi connectivity index (χ0) is 21.8. The summed E-state index contributed by atoms with van der Waals surface area (Å²) < 4.78 is 5.42. The summed E-state index contributed by atoms with van der Waals surface area (Å²) in [6.45, 7) is 0.625. The predicted molar refractivity (Wildman–Crippen MR) is 119 cm³/mol. The number of methoxy groups -OCH3 is 1.